The summed E-state index contributed by atoms with van der Waals surface area (Å²) in [5, 5.41) is 6.21. The lowest BCUT2D eigenvalue weighted by Crippen LogP contribution is -2.15. The van der Waals surface area contributed by atoms with Crippen LogP contribution in [-0.4, -0.2) is 24.2 Å². The molecule has 0 aliphatic heterocycles. The van der Waals surface area contributed by atoms with E-state index in [-0.39, 0.29) is 17.6 Å². The van der Waals surface area contributed by atoms with Crippen LogP contribution in [0.2, 0.25) is 5.02 Å². The number of para-hydroxylation sites is 2. The molecule has 2 N–H and O–H groups in total. The third-order valence-corrected chi connectivity index (χ3v) is 5.28. The SMILES string of the molecule is CCOc1ccccc1NC(=O)CSc1ccc(NC(=O)c2cccc(Cl)c2)cc1. The predicted molar refractivity (Wildman–Crippen MR) is 123 cm³/mol. The molecule has 154 valence electrons. The number of thioether (sulfide) groups is 1. The van der Waals surface area contributed by atoms with Gasteiger partial charge in [-0.1, -0.05) is 29.8 Å². The van der Waals surface area contributed by atoms with E-state index in [1.165, 1.54) is 11.8 Å². The van der Waals surface area contributed by atoms with Gasteiger partial charge in [-0.15, -0.1) is 11.8 Å². The van der Waals surface area contributed by atoms with Gasteiger partial charge in [-0.3, -0.25) is 9.59 Å². The fraction of sp³-hybridized carbons (Fsp3) is 0.130. The molecule has 30 heavy (non-hydrogen) atoms. The fourth-order valence-corrected chi connectivity index (χ4v) is 3.54. The molecule has 0 unspecified atom stereocenters. The largest absolute Gasteiger partial charge is 0.492 e. The Labute approximate surface area is 184 Å². The molecular formula is C23H21ClN2O3S. The van der Waals surface area contributed by atoms with Crippen LogP contribution in [0.3, 0.4) is 0 Å². The average Bonchev–Trinajstić information content (AvgIpc) is 2.75. The van der Waals surface area contributed by atoms with Crippen LogP contribution in [0.5, 0.6) is 5.75 Å². The summed E-state index contributed by atoms with van der Waals surface area (Å²) < 4.78 is 5.52. The van der Waals surface area contributed by atoms with Gasteiger partial charge in [0, 0.05) is 21.2 Å². The number of amides is 2. The normalized spacial score (nSPS) is 10.3. The minimum absolute atomic E-state index is 0.120. The molecule has 0 heterocycles. The molecule has 0 radical (unpaired) electrons. The van der Waals surface area contributed by atoms with E-state index in [9.17, 15) is 9.59 Å². The van der Waals surface area contributed by atoms with Crippen molar-refractivity contribution < 1.29 is 14.3 Å². The lowest BCUT2D eigenvalue weighted by atomic mass is 10.2. The first-order valence-electron chi connectivity index (χ1n) is 9.36. The van der Waals surface area contributed by atoms with Crippen LogP contribution >= 0.6 is 23.4 Å². The zero-order valence-corrected chi connectivity index (χ0v) is 17.9. The number of rotatable bonds is 8. The van der Waals surface area contributed by atoms with Crippen molar-refractivity contribution in [2.45, 2.75) is 11.8 Å². The maximum absolute atomic E-state index is 12.3. The topological polar surface area (TPSA) is 67.4 Å². The van der Waals surface area contributed by atoms with Gasteiger partial charge in [-0.05, 0) is 61.5 Å². The molecule has 2 amide bonds. The molecule has 0 spiro atoms. The van der Waals surface area contributed by atoms with Crippen LogP contribution in [0.1, 0.15) is 17.3 Å². The number of benzene rings is 3. The Kier molecular flexibility index (Phi) is 7.76. The number of halogens is 1. The van der Waals surface area contributed by atoms with Crippen molar-refractivity contribution >= 4 is 46.6 Å². The van der Waals surface area contributed by atoms with Crippen LogP contribution in [0.25, 0.3) is 0 Å². The standard InChI is InChI=1S/C23H21ClN2O3S/c1-2-29-21-9-4-3-8-20(21)26-22(27)15-30-19-12-10-18(11-13-19)25-23(28)16-6-5-7-17(24)14-16/h3-14H,2,15H2,1H3,(H,25,28)(H,26,27). The Hall–Kier alpha value is -2.96. The maximum Gasteiger partial charge on any atom is 0.255 e. The number of ether oxygens (including phenoxy) is 1. The second kappa shape index (κ2) is 10.7. The molecule has 0 aliphatic rings. The minimum atomic E-state index is -0.231. The van der Waals surface area contributed by atoms with E-state index in [1.807, 2.05) is 43.3 Å². The Morgan fingerprint density at radius 2 is 1.73 bits per heavy atom. The second-order valence-corrected chi connectivity index (χ2v) is 7.74. The van der Waals surface area contributed by atoms with Crippen molar-refractivity contribution in [1.29, 1.82) is 0 Å². The molecule has 3 aromatic carbocycles. The van der Waals surface area contributed by atoms with Crippen molar-refractivity contribution in [1.82, 2.24) is 0 Å². The van der Waals surface area contributed by atoms with Gasteiger partial charge < -0.3 is 15.4 Å². The van der Waals surface area contributed by atoms with E-state index in [1.54, 1.807) is 36.4 Å². The highest BCUT2D eigenvalue weighted by Gasteiger charge is 2.09. The van der Waals surface area contributed by atoms with Gasteiger partial charge in [0.05, 0.1) is 18.0 Å². The van der Waals surface area contributed by atoms with E-state index >= 15 is 0 Å². The molecule has 0 bridgehead atoms. The van der Waals surface area contributed by atoms with Crippen LogP contribution in [0.15, 0.2) is 77.7 Å². The van der Waals surface area contributed by atoms with E-state index in [0.29, 0.717) is 34.3 Å². The zero-order chi connectivity index (χ0) is 21.3. The molecule has 7 heteroatoms. The number of carbonyl (C=O) groups excluding carboxylic acids is 2. The number of carbonyl (C=O) groups is 2. The van der Waals surface area contributed by atoms with E-state index in [4.69, 9.17) is 16.3 Å². The highest BCUT2D eigenvalue weighted by Crippen LogP contribution is 2.25. The Morgan fingerprint density at radius 3 is 2.47 bits per heavy atom. The van der Waals surface area contributed by atoms with Crippen LogP contribution < -0.4 is 15.4 Å². The molecular weight excluding hydrogens is 420 g/mol. The first-order chi connectivity index (χ1) is 14.5. The van der Waals surface area contributed by atoms with Gasteiger partial charge in [-0.2, -0.15) is 0 Å². The van der Waals surface area contributed by atoms with Crippen molar-refractivity contribution in [2.75, 3.05) is 23.0 Å². The minimum Gasteiger partial charge on any atom is -0.492 e. The molecule has 3 aromatic rings. The first kappa shape index (κ1) is 21.7. The summed E-state index contributed by atoms with van der Waals surface area (Å²) in [6, 6.07) is 21.4. The quantitative estimate of drug-likeness (QED) is 0.439. The van der Waals surface area contributed by atoms with Crippen molar-refractivity contribution in [2.24, 2.45) is 0 Å². The number of hydrogen-bond donors (Lipinski definition) is 2. The summed E-state index contributed by atoms with van der Waals surface area (Å²) in [4.78, 5) is 25.5. The number of anilines is 2. The molecule has 0 saturated carbocycles. The Morgan fingerprint density at radius 1 is 0.967 bits per heavy atom. The molecule has 3 rings (SSSR count). The Balaban J connectivity index is 1.52. The van der Waals surface area contributed by atoms with Crippen LogP contribution in [-0.2, 0) is 4.79 Å². The summed E-state index contributed by atoms with van der Waals surface area (Å²) in [7, 11) is 0. The third kappa shape index (κ3) is 6.27. The zero-order valence-electron chi connectivity index (χ0n) is 16.4. The van der Waals surface area contributed by atoms with Crippen molar-refractivity contribution in [3.05, 3.63) is 83.4 Å². The summed E-state index contributed by atoms with van der Waals surface area (Å²) in [5.74, 6) is 0.559. The monoisotopic (exact) mass is 440 g/mol. The van der Waals surface area contributed by atoms with E-state index in [2.05, 4.69) is 10.6 Å². The van der Waals surface area contributed by atoms with Gasteiger partial charge in [0.25, 0.3) is 5.91 Å². The molecule has 0 aromatic heterocycles. The Bertz CT molecular complexity index is 1020. The lowest BCUT2D eigenvalue weighted by molar-refractivity contribution is -0.113. The van der Waals surface area contributed by atoms with Gasteiger partial charge >= 0.3 is 0 Å². The summed E-state index contributed by atoms with van der Waals surface area (Å²) >= 11 is 7.34. The lowest BCUT2D eigenvalue weighted by Gasteiger charge is -2.11. The van der Waals surface area contributed by atoms with E-state index < -0.39 is 0 Å². The first-order valence-corrected chi connectivity index (χ1v) is 10.7. The smallest absolute Gasteiger partial charge is 0.255 e. The molecule has 0 aliphatic carbocycles. The van der Waals surface area contributed by atoms with Gasteiger partial charge in [0.2, 0.25) is 5.91 Å². The summed E-state index contributed by atoms with van der Waals surface area (Å²) in [6.07, 6.45) is 0. The maximum atomic E-state index is 12.3. The molecule has 5 nitrogen and oxygen atoms in total. The second-order valence-electron chi connectivity index (χ2n) is 6.25. The van der Waals surface area contributed by atoms with Crippen molar-refractivity contribution in [3.8, 4) is 5.75 Å². The molecule has 0 fully saturated rings. The van der Waals surface area contributed by atoms with Crippen LogP contribution in [0, 0.1) is 0 Å². The predicted octanol–water partition coefficient (Wildman–Crippen LogP) is 5.72. The average molecular weight is 441 g/mol. The van der Waals surface area contributed by atoms with Gasteiger partial charge in [0.1, 0.15) is 5.75 Å². The number of hydrogen-bond acceptors (Lipinski definition) is 4. The van der Waals surface area contributed by atoms with Gasteiger partial charge in [0.15, 0.2) is 0 Å². The summed E-state index contributed by atoms with van der Waals surface area (Å²) in [5.41, 5.74) is 1.81. The third-order valence-electron chi connectivity index (χ3n) is 4.03. The fourth-order valence-electron chi connectivity index (χ4n) is 2.65. The van der Waals surface area contributed by atoms with Crippen molar-refractivity contribution in [3.63, 3.8) is 0 Å². The van der Waals surface area contributed by atoms with E-state index in [0.717, 1.165) is 4.90 Å². The molecule has 0 saturated heterocycles. The summed E-state index contributed by atoms with van der Waals surface area (Å²) in [6.45, 7) is 2.43. The van der Waals surface area contributed by atoms with Gasteiger partial charge in [-0.25, -0.2) is 0 Å². The molecule has 0 atom stereocenters. The highest BCUT2D eigenvalue weighted by atomic mass is 35.5. The van der Waals surface area contributed by atoms with Crippen LogP contribution in [0.4, 0.5) is 11.4 Å². The number of nitrogens with one attached hydrogen (secondary N) is 2. The highest BCUT2D eigenvalue weighted by molar-refractivity contribution is 8.00.